The number of amides is 3. The van der Waals surface area contributed by atoms with Crippen LogP contribution in [0, 0.1) is 0 Å². The maximum Gasteiger partial charge on any atom is 0.275 e. The van der Waals surface area contributed by atoms with Gasteiger partial charge in [0.25, 0.3) is 17.7 Å². The lowest BCUT2D eigenvalue weighted by Crippen LogP contribution is -2.24. The molecule has 0 spiro atoms. The summed E-state index contributed by atoms with van der Waals surface area (Å²) in [7, 11) is 0. The summed E-state index contributed by atoms with van der Waals surface area (Å²) in [6, 6.07) is 1.43. The van der Waals surface area contributed by atoms with E-state index in [9.17, 15) is 14.4 Å². The second-order valence-electron chi connectivity index (χ2n) is 3.70. The smallest absolute Gasteiger partial charge is 0.275 e. The van der Waals surface area contributed by atoms with Gasteiger partial charge in [0.15, 0.2) is 5.69 Å². The third-order valence-corrected chi connectivity index (χ3v) is 2.62. The minimum Gasteiger partial charge on any atom is -0.364 e. The van der Waals surface area contributed by atoms with E-state index in [1.54, 1.807) is 0 Å². The van der Waals surface area contributed by atoms with Gasteiger partial charge in [0.2, 0.25) is 0 Å². The summed E-state index contributed by atoms with van der Waals surface area (Å²) in [5.74, 6) is -1.12. The molecule has 0 saturated heterocycles. The molecule has 17 heavy (non-hydrogen) atoms. The summed E-state index contributed by atoms with van der Waals surface area (Å²) in [6.45, 7) is 0.141. The van der Waals surface area contributed by atoms with Crippen LogP contribution >= 0.6 is 0 Å². The first-order valence-corrected chi connectivity index (χ1v) is 4.80. The third kappa shape index (κ3) is 1.24. The maximum absolute atomic E-state index is 11.4. The standard InChI is InChI=1S/C9H7N5O3/c10-7(15)4-1-5-11-6-3(2-14(5)13-4)8(16)12-9(6)17/h1,11H,2H2,(H2,10,15)(H,12,16,17). The number of nitrogens with one attached hydrogen (secondary N) is 2. The molecule has 2 aliphatic heterocycles. The van der Waals surface area contributed by atoms with E-state index in [-0.39, 0.29) is 17.9 Å². The average Bonchev–Trinajstić information content (AvgIpc) is 2.79. The Labute approximate surface area is 94.5 Å². The van der Waals surface area contributed by atoms with Gasteiger partial charge in [-0.1, -0.05) is 0 Å². The summed E-state index contributed by atoms with van der Waals surface area (Å²) in [4.78, 5) is 33.8. The first-order valence-electron chi connectivity index (χ1n) is 4.80. The molecule has 0 radical (unpaired) electrons. The number of rotatable bonds is 1. The minimum absolute atomic E-state index is 0.0848. The van der Waals surface area contributed by atoms with E-state index in [0.717, 1.165) is 0 Å². The van der Waals surface area contributed by atoms with Crippen molar-refractivity contribution in [3.8, 4) is 0 Å². The summed E-state index contributed by atoms with van der Waals surface area (Å²) >= 11 is 0. The number of nitrogens with zero attached hydrogens (tertiary/aromatic N) is 2. The number of aromatic nitrogens is 2. The zero-order valence-electron chi connectivity index (χ0n) is 8.48. The van der Waals surface area contributed by atoms with Crippen LogP contribution in [-0.2, 0) is 16.1 Å². The quantitative estimate of drug-likeness (QED) is 0.500. The van der Waals surface area contributed by atoms with Gasteiger partial charge in [-0.15, -0.1) is 0 Å². The van der Waals surface area contributed by atoms with Gasteiger partial charge in [-0.05, 0) is 0 Å². The molecule has 0 unspecified atom stereocenters. The van der Waals surface area contributed by atoms with E-state index in [1.807, 2.05) is 0 Å². The molecule has 3 rings (SSSR count). The third-order valence-electron chi connectivity index (χ3n) is 2.62. The fraction of sp³-hybridized carbons (Fsp3) is 0.111. The SMILES string of the molecule is NC(=O)c1cc2n(n1)CC1=C(N2)C(=O)NC1=O. The number of carbonyl (C=O) groups is 3. The highest BCUT2D eigenvalue weighted by molar-refractivity contribution is 6.20. The first kappa shape index (κ1) is 9.58. The molecule has 8 heteroatoms. The van der Waals surface area contributed by atoms with Crippen molar-refractivity contribution in [3.05, 3.63) is 23.0 Å². The molecule has 8 nitrogen and oxygen atoms in total. The van der Waals surface area contributed by atoms with Crippen LogP contribution in [0.5, 0.6) is 0 Å². The lowest BCUT2D eigenvalue weighted by Gasteiger charge is -2.15. The fourth-order valence-electron chi connectivity index (χ4n) is 1.81. The van der Waals surface area contributed by atoms with Gasteiger partial charge < -0.3 is 11.1 Å². The van der Waals surface area contributed by atoms with Gasteiger partial charge in [-0.25, -0.2) is 4.68 Å². The van der Waals surface area contributed by atoms with Crippen molar-refractivity contribution in [2.75, 3.05) is 5.32 Å². The molecule has 0 aromatic carbocycles. The van der Waals surface area contributed by atoms with Gasteiger partial charge in [0.1, 0.15) is 11.5 Å². The van der Waals surface area contributed by atoms with Crippen molar-refractivity contribution < 1.29 is 14.4 Å². The van der Waals surface area contributed by atoms with Crippen LogP contribution in [0.4, 0.5) is 5.82 Å². The van der Waals surface area contributed by atoms with Crippen molar-refractivity contribution in [1.29, 1.82) is 0 Å². The zero-order chi connectivity index (χ0) is 12.2. The summed E-state index contributed by atoms with van der Waals surface area (Å²) in [6.07, 6.45) is 0. The van der Waals surface area contributed by atoms with Gasteiger partial charge in [0, 0.05) is 6.07 Å². The number of imide groups is 1. The molecule has 3 heterocycles. The molecule has 2 aliphatic rings. The second-order valence-corrected chi connectivity index (χ2v) is 3.70. The molecular weight excluding hydrogens is 226 g/mol. The number of primary amides is 1. The predicted molar refractivity (Wildman–Crippen MR) is 54.5 cm³/mol. The van der Waals surface area contributed by atoms with E-state index >= 15 is 0 Å². The van der Waals surface area contributed by atoms with Crippen LogP contribution in [0.1, 0.15) is 10.5 Å². The van der Waals surface area contributed by atoms with Gasteiger partial charge in [-0.3, -0.25) is 19.7 Å². The van der Waals surface area contributed by atoms with Crippen molar-refractivity contribution in [2.24, 2.45) is 5.73 Å². The maximum atomic E-state index is 11.4. The number of nitrogens with two attached hydrogens (primary N) is 1. The summed E-state index contributed by atoms with van der Waals surface area (Å²) in [5.41, 5.74) is 5.69. The molecule has 4 N–H and O–H groups in total. The van der Waals surface area contributed by atoms with Crippen molar-refractivity contribution in [2.45, 2.75) is 6.54 Å². The largest absolute Gasteiger partial charge is 0.364 e. The topological polar surface area (TPSA) is 119 Å². The highest BCUT2D eigenvalue weighted by Crippen LogP contribution is 2.25. The van der Waals surface area contributed by atoms with Crippen LogP contribution in [0.25, 0.3) is 0 Å². The summed E-state index contributed by atoms with van der Waals surface area (Å²) in [5, 5.41) is 8.85. The average molecular weight is 233 g/mol. The highest BCUT2D eigenvalue weighted by Gasteiger charge is 2.34. The molecule has 0 atom stereocenters. The lowest BCUT2D eigenvalue weighted by atomic mass is 10.2. The van der Waals surface area contributed by atoms with Gasteiger partial charge in [-0.2, -0.15) is 5.10 Å². The lowest BCUT2D eigenvalue weighted by molar-refractivity contribution is -0.124. The van der Waals surface area contributed by atoms with Crippen molar-refractivity contribution in [1.82, 2.24) is 15.1 Å². The number of anilines is 1. The van der Waals surface area contributed by atoms with E-state index in [0.29, 0.717) is 11.4 Å². The molecule has 0 fully saturated rings. The molecule has 0 bridgehead atoms. The van der Waals surface area contributed by atoms with E-state index in [2.05, 4.69) is 15.7 Å². The molecule has 0 saturated carbocycles. The number of hydrogen-bond donors (Lipinski definition) is 3. The van der Waals surface area contributed by atoms with Crippen LogP contribution in [0.2, 0.25) is 0 Å². The molecule has 3 amide bonds. The Hall–Kier alpha value is -2.64. The number of hydrogen-bond acceptors (Lipinski definition) is 5. The summed E-state index contributed by atoms with van der Waals surface area (Å²) < 4.78 is 1.41. The first-order chi connectivity index (χ1) is 8.06. The Balaban J connectivity index is 2.03. The molecule has 1 aromatic rings. The highest BCUT2D eigenvalue weighted by atomic mass is 16.2. The molecule has 1 aromatic heterocycles. The number of carbonyl (C=O) groups excluding carboxylic acids is 3. The molecule has 0 aliphatic carbocycles. The Morgan fingerprint density at radius 2 is 2.12 bits per heavy atom. The Morgan fingerprint density at radius 3 is 2.82 bits per heavy atom. The molecule has 86 valence electrons. The van der Waals surface area contributed by atoms with Crippen molar-refractivity contribution >= 4 is 23.5 Å². The Kier molecular flexibility index (Phi) is 1.65. The monoisotopic (exact) mass is 233 g/mol. The second kappa shape index (κ2) is 2.94. The number of fused-ring (bicyclic) bond motifs is 1. The normalized spacial score (nSPS) is 17.4. The van der Waals surface area contributed by atoms with Crippen LogP contribution < -0.4 is 16.4 Å². The van der Waals surface area contributed by atoms with Crippen LogP contribution in [0.3, 0.4) is 0 Å². The van der Waals surface area contributed by atoms with Crippen LogP contribution in [0.15, 0.2) is 17.3 Å². The Morgan fingerprint density at radius 1 is 1.35 bits per heavy atom. The van der Waals surface area contributed by atoms with E-state index in [4.69, 9.17) is 5.73 Å². The molecular formula is C9H7N5O3. The van der Waals surface area contributed by atoms with Crippen molar-refractivity contribution in [3.63, 3.8) is 0 Å². The Bertz CT molecular complexity index is 569. The van der Waals surface area contributed by atoms with Crippen LogP contribution in [-0.4, -0.2) is 27.5 Å². The zero-order valence-corrected chi connectivity index (χ0v) is 8.48. The van der Waals surface area contributed by atoms with Gasteiger partial charge in [0.05, 0.1) is 12.1 Å². The van der Waals surface area contributed by atoms with E-state index in [1.165, 1.54) is 10.7 Å². The minimum atomic E-state index is -0.662. The fourth-order valence-corrected chi connectivity index (χ4v) is 1.81. The predicted octanol–water partition coefficient (Wildman–Crippen LogP) is -1.68. The van der Waals surface area contributed by atoms with E-state index < -0.39 is 17.7 Å². The van der Waals surface area contributed by atoms with Gasteiger partial charge >= 0.3 is 0 Å².